The van der Waals surface area contributed by atoms with E-state index in [-0.39, 0.29) is 12.5 Å². The highest BCUT2D eigenvalue weighted by Gasteiger charge is 2.34. The first-order valence-corrected chi connectivity index (χ1v) is 5.36. The monoisotopic (exact) mass is 199 g/mol. The second-order valence-electron chi connectivity index (χ2n) is 4.01. The Morgan fingerprint density at radius 2 is 2.14 bits per heavy atom. The van der Waals surface area contributed by atoms with Gasteiger partial charge in [0.1, 0.15) is 0 Å². The van der Waals surface area contributed by atoms with E-state index >= 15 is 0 Å². The Hall–Kier alpha value is -0.610. The number of nitrogens with zero attached hydrogens (tertiary/aromatic N) is 1. The SMILES string of the molecule is O=C1C(CO)OCCN1C1CCCC1. The molecule has 2 aliphatic rings. The van der Waals surface area contributed by atoms with Gasteiger partial charge in [-0.3, -0.25) is 4.79 Å². The molecule has 1 saturated carbocycles. The van der Waals surface area contributed by atoms with E-state index in [0.717, 1.165) is 12.8 Å². The Balaban J connectivity index is 1.99. The van der Waals surface area contributed by atoms with Crippen LogP contribution in [0, 0.1) is 0 Å². The number of hydrogen-bond donors (Lipinski definition) is 1. The number of morpholine rings is 1. The van der Waals surface area contributed by atoms with Crippen LogP contribution < -0.4 is 0 Å². The van der Waals surface area contributed by atoms with Crippen molar-refractivity contribution in [1.82, 2.24) is 4.90 Å². The zero-order valence-corrected chi connectivity index (χ0v) is 8.32. The highest BCUT2D eigenvalue weighted by molar-refractivity contribution is 5.82. The number of aliphatic hydroxyl groups is 1. The van der Waals surface area contributed by atoms with E-state index in [1.807, 2.05) is 4.90 Å². The van der Waals surface area contributed by atoms with Crippen LogP contribution in [0.1, 0.15) is 25.7 Å². The maximum Gasteiger partial charge on any atom is 0.254 e. The molecule has 14 heavy (non-hydrogen) atoms. The largest absolute Gasteiger partial charge is 0.393 e. The Morgan fingerprint density at radius 1 is 1.43 bits per heavy atom. The van der Waals surface area contributed by atoms with Crippen molar-refractivity contribution in [3.63, 3.8) is 0 Å². The van der Waals surface area contributed by atoms with Crippen molar-refractivity contribution in [2.24, 2.45) is 0 Å². The van der Waals surface area contributed by atoms with Crippen molar-refractivity contribution in [2.45, 2.75) is 37.8 Å². The van der Waals surface area contributed by atoms with E-state index in [9.17, 15) is 4.79 Å². The van der Waals surface area contributed by atoms with Crippen molar-refractivity contribution in [3.05, 3.63) is 0 Å². The van der Waals surface area contributed by atoms with Crippen LogP contribution in [0.2, 0.25) is 0 Å². The van der Waals surface area contributed by atoms with Crippen LogP contribution in [0.15, 0.2) is 0 Å². The number of aliphatic hydroxyl groups excluding tert-OH is 1. The Labute approximate surface area is 83.8 Å². The van der Waals surface area contributed by atoms with Crippen LogP contribution in [0.25, 0.3) is 0 Å². The second-order valence-corrected chi connectivity index (χ2v) is 4.01. The minimum atomic E-state index is -0.607. The van der Waals surface area contributed by atoms with Gasteiger partial charge < -0.3 is 14.7 Å². The van der Waals surface area contributed by atoms with Crippen molar-refractivity contribution < 1.29 is 14.6 Å². The van der Waals surface area contributed by atoms with Crippen LogP contribution in [-0.2, 0) is 9.53 Å². The van der Waals surface area contributed by atoms with Gasteiger partial charge in [0.25, 0.3) is 5.91 Å². The lowest BCUT2D eigenvalue weighted by Gasteiger charge is -2.35. The highest BCUT2D eigenvalue weighted by atomic mass is 16.5. The molecule has 4 heteroatoms. The molecule has 1 N–H and O–H groups in total. The first kappa shape index (κ1) is 9.93. The molecule has 1 aliphatic carbocycles. The molecule has 0 radical (unpaired) electrons. The fraction of sp³-hybridized carbons (Fsp3) is 0.900. The average Bonchev–Trinajstić information content (AvgIpc) is 2.71. The zero-order chi connectivity index (χ0) is 9.97. The van der Waals surface area contributed by atoms with Gasteiger partial charge in [-0.15, -0.1) is 0 Å². The van der Waals surface area contributed by atoms with Crippen LogP contribution in [-0.4, -0.2) is 47.8 Å². The molecule has 1 aliphatic heterocycles. The molecule has 0 bridgehead atoms. The minimum Gasteiger partial charge on any atom is -0.393 e. The van der Waals surface area contributed by atoms with E-state index in [4.69, 9.17) is 9.84 Å². The van der Waals surface area contributed by atoms with Gasteiger partial charge >= 0.3 is 0 Å². The van der Waals surface area contributed by atoms with Crippen LogP contribution >= 0.6 is 0 Å². The van der Waals surface area contributed by atoms with Gasteiger partial charge in [0.15, 0.2) is 6.10 Å². The Kier molecular flexibility index (Phi) is 3.03. The molecule has 0 aromatic carbocycles. The molecule has 1 unspecified atom stereocenters. The molecular weight excluding hydrogens is 182 g/mol. The summed E-state index contributed by atoms with van der Waals surface area (Å²) < 4.78 is 5.19. The Bertz CT molecular complexity index is 213. The summed E-state index contributed by atoms with van der Waals surface area (Å²) in [6.07, 6.45) is 4.07. The highest BCUT2D eigenvalue weighted by Crippen LogP contribution is 2.25. The summed E-state index contributed by atoms with van der Waals surface area (Å²) in [6.45, 7) is 1.06. The number of carbonyl (C=O) groups excluding carboxylic acids is 1. The number of hydrogen-bond acceptors (Lipinski definition) is 3. The molecule has 0 aromatic heterocycles. The van der Waals surface area contributed by atoms with Crippen molar-refractivity contribution >= 4 is 5.91 Å². The van der Waals surface area contributed by atoms with Crippen LogP contribution in [0.3, 0.4) is 0 Å². The summed E-state index contributed by atoms with van der Waals surface area (Å²) in [5.74, 6) is -0.0225. The van der Waals surface area contributed by atoms with Crippen LogP contribution in [0.5, 0.6) is 0 Å². The number of ether oxygens (including phenoxy) is 1. The smallest absolute Gasteiger partial charge is 0.254 e. The molecule has 1 amide bonds. The first-order chi connectivity index (χ1) is 6.83. The maximum atomic E-state index is 11.8. The van der Waals surface area contributed by atoms with Gasteiger partial charge in [-0.2, -0.15) is 0 Å². The van der Waals surface area contributed by atoms with Gasteiger partial charge in [-0.1, -0.05) is 12.8 Å². The van der Waals surface area contributed by atoms with Gasteiger partial charge in [-0.25, -0.2) is 0 Å². The van der Waals surface area contributed by atoms with Crippen LogP contribution in [0.4, 0.5) is 0 Å². The normalized spacial score (nSPS) is 29.9. The van der Waals surface area contributed by atoms with E-state index in [0.29, 0.717) is 19.2 Å². The minimum absolute atomic E-state index is 0.0225. The van der Waals surface area contributed by atoms with Crippen molar-refractivity contribution in [1.29, 1.82) is 0 Å². The van der Waals surface area contributed by atoms with Gasteiger partial charge in [0.05, 0.1) is 13.2 Å². The predicted molar refractivity (Wildman–Crippen MR) is 50.8 cm³/mol. The van der Waals surface area contributed by atoms with Gasteiger partial charge in [-0.05, 0) is 12.8 Å². The molecule has 0 spiro atoms. The summed E-state index contributed by atoms with van der Waals surface area (Å²) in [6, 6.07) is 0.403. The van der Waals surface area contributed by atoms with E-state index in [1.165, 1.54) is 12.8 Å². The molecule has 2 fully saturated rings. The molecule has 0 aromatic rings. The van der Waals surface area contributed by atoms with E-state index in [1.54, 1.807) is 0 Å². The lowest BCUT2D eigenvalue weighted by Crippen LogP contribution is -2.52. The quantitative estimate of drug-likeness (QED) is 0.688. The van der Waals surface area contributed by atoms with Crippen molar-refractivity contribution in [2.75, 3.05) is 19.8 Å². The fourth-order valence-corrected chi connectivity index (χ4v) is 2.37. The predicted octanol–water partition coefficient (Wildman–Crippen LogP) is 0.149. The van der Waals surface area contributed by atoms with Gasteiger partial charge in [0, 0.05) is 12.6 Å². The summed E-state index contributed by atoms with van der Waals surface area (Å²) >= 11 is 0. The van der Waals surface area contributed by atoms with E-state index in [2.05, 4.69) is 0 Å². The number of amides is 1. The molecule has 2 rings (SSSR count). The molecule has 1 atom stereocenters. The Morgan fingerprint density at radius 3 is 2.79 bits per heavy atom. The maximum absolute atomic E-state index is 11.8. The second kappa shape index (κ2) is 4.28. The van der Waals surface area contributed by atoms with Gasteiger partial charge in [0.2, 0.25) is 0 Å². The third-order valence-electron chi connectivity index (χ3n) is 3.14. The van der Waals surface area contributed by atoms with E-state index < -0.39 is 6.10 Å². The lowest BCUT2D eigenvalue weighted by molar-refractivity contribution is -0.159. The molecule has 4 nitrogen and oxygen atoms in total. The topological polar surface area (TPSA) is 49.8 Å². The molecular formula is C10H17NO3. The molecule has 80 valence electrons. The summed E-state index contributed by atoms with van der Waals surface area (Å²) in [5, 5.41) is 8.95. The number of rotatable bonds is 2. The first-order valence-electron chi connectivity index (χ1n) is 5.36. The molecule has 1 heterocycles. The zero-order valence-electron chi connectivity index (χ0n) is 8.32. The molecule has 1 saturated heterocycles. The third kappa shape index (κ3) is 1.77. The number of carbonyl (C=O) groups is 1. The average molecular weight is 199 g/mol. The standard InChI is InChI=1S/C10H17NO3/c12-7-9-10(13)11(5-6-14-9)8-3-1-2-4-8/h8-9,12H,1-7H2. The summed E-state index contributed by atoms with van der Waals surface area (Å²) in [4.78, 5) is 13.7. The lowest BCUT2D eigenvalue weighted by atomic mass is 10.1. The fourth-order valence-electron chi connectivity index (χ4n) is 2.37. The van der Waals surface area contributed by atoms with Crippen molar-refractivity contribution in [3.8, 4) is 0 Å². The summed E-state index contributed by atoms with van der Waals surface area (Å²) in [5.41, 5.74) is 0. The summed E-state index contributed by atoms with van der Waals surface area (Å²) in [7, 11) is 0. The third-order valence-corrected chi connectivity index (χ3v) is 3.14.